The molecule has 0 bridgehead atoms. The summed E-state index contributed by atoms with van der Waals surface area (Å²) in [7, 11) is 1.31. The molecular weight excluding hydrogens is 389 g/mol. The highest BCUT2D eigenvalue weighted by atomic mass is 31.1. The molecule has 1 aromatic heterocycles. The molecule has 0 saturated heterocycles. The zero-order valence-electron chi connectivity index (χ0n) is 18.4. The summed E-state index contributed by atoms with van der Waals surface area (Å²) < 4.78 is 7.35. The molecule has 0 amide bonds. The first-order chi connectivity index (χ1) is 14.8. The summed E-state index contributed by atoms with van der Waals surface area (Å²) in [5.41, 5.74) is 5.82. The molecule has 0 spiro atoms. The summed E-state index contributed by atoms with van der Waals surface area (Å²) in [6.45, 7) is 0. The molecule has 0 aliphatic heterocycles. The Hall–Kier alpha value is -1.60. The average molecular weight is 426 g/mol. The molecule has 2 aliphatic rings. The Morgan fingerprint density at radius 2 is 1.57 bits per heavy atom. The lowest BCUT2D eigenvalue weighted by Crippen LogP contribution is -2.29. The minimum Gasteiger partial charge on any atom is -0.469 e. The maximum Gasteiger partial charge on any atom is 0.305 e. The molecular formula is C26H36NO2P. The molecule has 1 aromatic carbocycles. The van der Waals surface area contributed by atoms with Gasteiger partial charge in [0.15, 0.2) is 0 Å². The second-order valence-corrected chi connectivity index (χ2v) is 11.7. The van der Waals surface area contributed by atoms with Gasteiger partial charge in [0.25, 0.3) is 0 Å². The normalized spacial score (nSPS) is 18.6. The van der Waals surface area contributed by atoms with E-state index in [2.05, 4.69) is 47.2 Å². The first-order valence-electron chi connectivity index (χ1n) is 11.9. The predicted molar refractivity (Wildman–Crippen MR) is 126 cm³/mol. The third kappa shape index (κ3) is 4.99. The summed E-state index contributed by atoms with van der Waals surface area (Å²) in [6.07, 6.45) is 17.5. The van der Waals surface area contributed by atoms with Gasteiger partial charge in [0.05, 0.1) is 7.11 Å². The Labute approximate surface area is 183 Å². The first kappa shape index (κ1) is 21.6. The lowest BCUT2D eigenvalue weighted by molar-refractivity contribution is -0.140. The highest BCUT2D eigenvalue weighted by Crippen LogP contribution is 2.55. The van der Waals surface area contributed by atoms with E-state index < -0.39 is 0 Å². The van der Waals surface area contributed by atoms with Gasteiger partial charge in [0.2, 0.25) is 0 Å². The summed E-state index contributed by atoms with van der Waals surface area (Å²) in [5, 5.41) is 0. The van der Waals surface area contributed by atoms with Crippen molar-refractivity contribution in [3.63, 3.8) is 0 Å². The molecule has 2 aromatic rings. The summed E-state index contributed by atoms with van der Waals surface area (Å²) in [5.74, 6) is -0.135. The average Bonchev–Trinajstić information content (AvgIpc) is 3.28. The molecule has 0 radical (unpaired) electrons. The molecule has 2 aliphatic carbocycles. The number of ether oxygens (including phenoxy) is 1. The van der Waals surface area contributed by atoms with E-state index in [1.54, 1.807) is 5.44 Å². The quantitative estimate of drug-likeness (QED) is 0.382. The number of aromatic nitrogens is 1. The van der Waals surface area contributed by atoms with Crippen LogP contribution in [-0.2, 0) is 16.0 Å². The Balaban J connectivity index is 1.67. The zero-order valence-corrected chi connectivity index (χ0v) is 19.3. The number of aryl methyl sites for hydroxylation is 1. The van der Waals surface area contributed by atoms with Gasteiger partial charge in [-0.1, -0.05) is 64.6 Å². The molecule has 0 atom stereocenters. The fourth-order valence-corrected chi connectivity index (χ4v) is 9.34. The molecule has 3 nitrogen and oxygen atoms in total. The van der Waals surface area contributed by atoms with E-state index in [1.807, 2.05) is 0 Å². The Morgan fingerprint density at radius 1 is 0.933 bits per heavy atom. The number of hydrogen-bond acceptors (Lipinski definition) is 2. The molecule has 162 valence electrons. The highest BCUT2D eigenvalue weighted by molar-refractivity contribution is 7.66. The molecule has 4 rings (SSSR count). The fraction of sp³-hybridized carbons (Fsp3) is 0.577. The van der Waals surface area contributed by atoms with Crippen molar-refractivity contribution in [1.82, 2.24) is 4.57 Å². The van der Waals surface area contributed by atoms with Crippen LogP contribution >= 0.6 is 7.92 Å². The third-order valence-corrected chi connectivity index (χ3v) is 10.5. The monoisotopic (exact) mass is 425 g/mol. The zero-order chi connectivity index (χ0) is 20.8. The predicted octanol–water partition coefficient (Wildman–Crippen LogP) is 6.36. The summed E-state index contributed by atoms with van der Waals surface area (Å²) >= 11 is 0. The van der Waals surface area contributed by atoms with Crippen LogP contribution in [0, 0.1) is 0 Å². The van der Waals surface area contributed by atoms with Gasteiger partial charge < -0.3 is 9.30 Å². The van der Waals surface area contributed by atoms with Gasteiger partial charge in [-0.3, -0.25) is 4.79 Å². The van der Waals surface area contributed by atoms with Crippen molar-refractivity contribution in [2.45, 2.75) is 88.4 Å². The number of esters is 1. The van der Waals surface area contributed by atoms with E-state index in [-0.39, 0.29) is 13.9 Å². The van der Waals surface area contributed by atoms with E-state index in [0.29, 0.717) is 6.42 Å². The smallest absolute Gasteiger partial charge is 0.305 e. The SMILES string of the molecule is COC(=O)CCc1ccccc1-n1cccc1P(C1CCCCC1)C1CCCCC1. The number of rotatable bonds is 7. The number of nitrogens with zero attached hydrogens (tertiary/aromatic N) is 1. The first-order valence-corrected chi connectivity index (χ1v) is 13.4. The van der Waals surface area contributed by atoms with Gasteiger partial charge in [-0.15, -0.1) is 0 Å². The van der Waals surface area contributed by atoms with Gasteiger partial charge in [-0.2, -0.15) is 0 Å². The minimum atomic E-state index is -0.165. The van der Waals surface area contributed by atoms with Crippen LogP contribution < -0.4 is 5.44 Å². The van der Waals surface area contributed by atoms with Crippen molar-refractivity contribution in [2.75, 3.05) is 7.11 Å². The van der Waals surface area contributed by atoms with Crippen molar-refractivity contribution in [3.05, 3.63) is 48.2 Å². The van der Waals surface area contributed by atoms with Crippen LogP contribution in [-0.4, -0.2) is 29.0 Å². The Kier molecular flexibility index (Phi) is 7.66. The number of para-hydroxylation sites is 1. The Morgan fingerprint density at radius 3 is 2.20 bits per heavy atom. The molecule has 2 saturated carbocycles. The van der Waals surface area contributed by atoms with Crippen molar-refractivity contribution < 1.29 is 9.53 Å². The largest absolute Gasteiger partial charge is 0.469 e. The lowest BCUT2D eigenvalue weighted by Gasteiger charge is -2.39. The van der Waals surface area contributed by atoms with Gasteiger partial charge in [-0.05, 0) is 67.2 Å². The maximum atomic E-state index is 11.7. The minimum absolute atomic E-state index is 0.135. The van der Waals surface area contributed by atoms with E-state index in [1.165, 1.54) is 82.6 Å². The van der Waals surface area contributed by atoms with Crippen LogP contribution in [0.25, 0.3) is 5.69 Å². The fourth-order valence-electron chi connectivity index (χ4n) is 5.47. The molecule has 30 heavy (non-hydrogen) atoms. The second-order valence-electron chi connectivity index (χ2n) is 8.93. The number of methoxy groups -OCH3 is 1. The van der Waals surface area contributed by atoms with E-state index in [9.17, 15) is 4.79 Å². The third-order valence-electron chi connectivity index (χ3n) is 7.01. The van der Waals surface area contributed by atoms with E-state index in [4.69, 9.17) is 4.74 Å². The van der Waals surface area contributed by atoms with Gasteiger partial charge in [0, 0.05) is 23.7 Å². The number of hydrogen-bond donors (Lipinski definition) is 0. The van der Waals surface area contributed by atoms with Crippen molar-refractivity contribution in [2.24, 2.45) is 0 Å². The van der Waals surface area contributed by atoms with Crippen LogP contribution in [0.1, 0.15) is 76.2 Å². The van der Waals surface area contributed by atoms with Gasteiger partial charge in [0.1, 0.15) is 0 Å². The van der Waals surface area contributed by atoms with Crippen LogP contribution in [0.3, 0.4) is 0 Å². The number of benzene rings is 1. The molecule has 1 heterocycles. The molecule has 0 unspecified atom stereocenters. The van der Waals surface area contributed by atoms with Crippen LogP contribution in [0.2, 0.25) is 0 Å². The molecule has 2 fully saturated rings. The topological polar surface area (TPSA) is 31.2 Å². The summed E-state index contributed by atoms with van der Waals surface area (Å²) in [6, 6.07) is 13.3. The van der Waals surface area contributed by atoms with Crippen molar-refractivity contribution >= 4 is 19.3 Å². The highest BCUT2D eigenvalue weighted by Gasteiger charge is 2.34. The van der Waals surface area contributed by atoms with Crippen molar-refractivity contribution in [3.8, 4) is 5.69 Å². The van der Waals surface area contributed by atoms with E-state index in [0.717, 1.165) is 17.7 Å². The number of carbonyl (C=O) groups excluding carboxylic acids is 1. The van der Waals surface area contributed by atoms with Crippen molar-refractivity contribution in [1.29, 1.82) is 0 Å². The standard InChI is InChI=1S/C26H36NO2P/c1-29-26(28)19-18-21-11-8-9-16-24(21)27-20-10-17-25(27)30(22-12-4-2-5-13-22)23-14-6-3-7-15-23/h8-11,16-17,20,22-23H,2-7,12-15,18-19H2,1H3. The van der Waals surface area contributed by atoms with Crippen LogP contribution in [0.4, 0.5) is 0 Å². The number of carbonyl (C=O) groups is 1. The van der Waals surface area contributed by atoms with E-state index >= 15 is 0 Å². The van der Waals surface area contributed by atoms with Gasteiger partial charge >= 0.3 is 5.97 Å². The lowest BCUT2D eigenvalue weighted by atomic mass is 9.99. The van der Waals surface area contributed by atoms with Crippen LogP contribution in [0.5, 0.6) is 0 Å². The van der Waals surface area contributed by atoms with Crippen LogP contribution in [0.15, 0.2) is 42.6 Å². The van der Waals surface area contributed by atoms with Gasteiger partial charge in [-0.25, -0.2) is 0 Å². The Bertz CT molecular complexity index is 800. The maximum absolute atomic E-state index is 11.7. The second kappa shape index (κ2) is 10.6. The summed E-state index contributed by atoms with van der Waals surface area (Å²) in [4.78, 5) is 11.7. The molecule has 0 N–H and O–H groups in total. The molecule has 4 heteroatoms.